The van der Waals surface area contributed by atoms with Crippen molar-refractivity contribution in [2.45, 2.75) is 88.5 Å². The molecule has 0 spiro atoms. The largest absolute Gasteiger partial charge is 0.461 e. The van der Waals surface area contributed by atoms with Crippen molar-refractivity contribution in [1.29, 1.82) is 0 Å². The standard InChI is InChI=1S/C36H47N7O3/c1-3-24-7-4-8-25-9-5-10-31(32(24)25)41-18-14-29-30(21-41)39-34(40-33(29)42-19-26-11-12-27(20-42)38-26)46-23-36-15-6-17-43(36)28(13-16-36)22-45-35(44)37-2/h4-5,7-10,26-28,38H,3,6,11-23H2,1-2H3,(H,37,44)/t26?,27?,28-,36-/m1/s1. The van der Waals surface area contributed by atoms with Gasteiger partial charge in [-0.3, -0.25) is 4.90 Å². The first-order chi connectivity index (χ1) is 22.5. The molecular weight excluding hydrogens is 578 g/mol. The minimum Gasteiger partial charge on any atom is -0.461 e. The predicted molar refractivity (Wildman–Crippen MR) is 180 cm³/mol. The third-order valence-electron chi connectivity index (χ3n) is 11.3. The van der Waals surface area contributed by atoms with Crippen molar-refractivity contribution in [1.82, 2.24) is 25.5 Å². The Morgan fingerprint density at radius 1 is 1.04 bits per heavy atom. The summed E-state index contributed by atoms with van der Waals surface area (Å²) < 4.78 is 12.1. The normalized spacial score (nSPS) is 27.1. The molecule has 3 aromatic rings. The molecule has 10 heteroatoms. The maximum atomic E-state index is 11.8. The van der Waals surface area contributed by atoms with Crippen LogP contribution in [0.4, 0.5) is 16.3 Å². The van der Waals surface area contributed by atoms with E-state index < -0.39 is 0 Å². The van der Waals surface area contributed by atoms with Crippen molar-refractivity contribution in [3.05, 3.63) is 53.2 Å². The minimum atomic E-state index is -0.368. The van der Waals surface area contributed by atoms with Crippen LogP contribution in [0.3, 0.4) is 0 Å². The first-order valence-electron chi connectivity index (χ1n) is 17.4. The van der Waals surface area contributed by atoms with Crippen LogP contribution in [0.5, 0.6) is 6.01 Å². The van der Waals surface area contributed by atoms with E-state index >= 15 is 0 Å². The zero-order chi connectivity index (χ0) is 31.3. The van der Waals surface area contributed by atoms with E-state index in [1.807, 2.05) is 0 Å². The predicted octanol–water partition coefficient (Wildman–Crippen LogP) is 4.43. The molecule has 6 heterocycles. The van der Waals surface area contributed by atoms with Gasteiger partial charge in [0.1, 0.15) is 19.0 Å². The first-order valence-corrected chi connectivity index (χ1v) is 17.4. The van der Waals surface area contributed by atoms with Gasteiger partial charge in [-0.1, -0.05) is 37.3 Å². The van der Waals surface area contributed by atoms with Gasteiger partial charge in [0.15, 0.2) is 0 Å². The molecule has 8 rings (SSSR count). The van der Waals surface area contributed by atoms with Crippen molar-refractivity contribution in [3.63, 3.8) is 0 Å². The molecular formula is C36H47N7O3. The van der Waals surface area contributed by atoms with Crippen molar-refractivity contribution >= 4 is 28.4 Å². The molecule has 2 bridgehead atoms. The van der Waals surface area contributed by atoms with Gasteiger partial charge in [-0.05, 0) is 74.9 Å². The quantitative estimate of drug-likeness (QED) is 0.377. The molecule has 0 saturated carbocycles. The minimum absolute atomic E-state index is 0.0597. The molecule has 1 aromatic heterocycles. The Balaban J connectivity index is 1.09. The summed E-state index contributed by atoms with van der Waals surface area (Å²) in [6.07, 6.45) is 8.25. The molecule has 5 aliphatic heterocycles. The molecule has 4 saturated heterocycles. The number of nitrogens with one attached hydrogen (secondary N) is 2. The molecule has 4 fully saturated rings. The van der Waals surface area contributed by atoms with Gasteiger partial charge in [0.25, 0.3) is 0 Å². The number of rotatable bonds is 8. The van der Waals surface area contributed by atoms with Crippen LogP contribution in [0.15, 0.2) is 36.4 Å². The van der Waals surface area contributed by atoms with Crippen molar-refractivity contribution in [2.75, 3.05) is 56.2 Å². The summed E-state index contributed by atoms with van der Waals surface area (Å²) in [7, 11) is 1.60. The molecule has 4 atom stereocenters. The van der Waals surface area contributed by atoms with Crippen molar-refractivity contribution in [3.8, 4) is 6.01 Å². The van der Waals surface area contributed by atoms with Crippen LogP contribution in [-0.4, -0.2) is 91.1 Å². The van der Waals surface area contributed by atoms with E-state index in [1.54, 1.807) is 7.05 Å². The molecule has 46 heavy (non-hydrogen) atoms. The average Bonchev–Trinajstić information content (AvgIpc) is 3.77. The number of fused-ring (bicyclic) bond motifs is 5. The number of carbonyl (C=O) groups excluding carboxylic acids is 1. The third-order valence-corrected chi connectivity index (χ3v) is 11.3. The molecule has 2 N–H and O–H groups in total. The van der Waals surface area contributed by atoms with Gasteiger partial charge in [0.2, 0.25) is 0 Å². The summed E-state index contributed by atoms with van der Waals surface area (Å²) in [5.41, 5.74) is 5.00. The lowest BCUT2D eigenvalue weighted by atomic mass is 9.95. The summed E-state index contributed by atoms with van der Waals surface area (Å²) in [6, 6.07) is 15.1. The topological polar surface area (TPSA) is 95.1 Å². The van der Waals surface area contributed by atoms with Crippen LogP contribution in [0, 0.1) is 0 Å². The molecule has 1 amide bonds. The zero-order valence-electron chi connectivity index (χ0n) is 27.3. The number of aromatic nitrogens is 2. The number of amides is 1. The van der Waals surface area contributed by atoms with Crippen molar-refractivity contribution < 1.29 is 14.3 Å². The van der Waals surface area contributed by atoms with E-state index in [2.05, 4.69) is 68.7 Å². The van der Waals surface area contributed by atoms with E-state index in [0.717, 1.165) is 82.8 Å². The Morgan fingerprint density at radius 2 is 1.87 bits per heavy atom. The lowest BCUT2D eigenvalue weighted by Gasteiger charge is -2.38. The number of anilines is 2. The number of ether oxygens (including phenoxy) is 2. The van der Waals surface area contributed by atoms with Gasteiger partial charge in [-0.15, -0.1) is 0 Å². The van der Waals surface area contributed by atoms with Gasteiger partial charge < -0.3 is 29.9 Å². The number of piperazine rings is 1. The van der Waals surface area contributed by atoms with Crippen LogP contribution in [0.1, 0.15) is 62.3 Å². The van der Waals surface area contributed by atoms with Gasteiger partial charge in [-0.25, -0.2) is 4.79 Å². The summed E-state index contributed by atoms with van der Waals surface area (Å²) in [4.78, 5) is 29.7. The van der Waals surface area contributed by atoms with E-state index in [4.69, 9.17) is 19.4 Å². The second-order valence-corrected chi connectivity index (χ2v) is 14.0. The van der Waals surface area contributed by atoms with Gasteiger partial charge >= 0.3 is 12.1 Å². The number of benzene rings is 2. The molecule has 5 aliphatic rings. The number of nitrogens with zero attached hydrogens (tertiary/aromatic N) is 5. The van der Waals surface area contributed by atoms with E-state index in [-0.39, 0.29) is 17.7 Å². The highest BCUT2D eigenvalue weighted by molar-refractivity contribution is 5.97. The Hall–Kier alpha value is -3.63. The molecule has 2 aromatic carbocycles. The monoisotopic (exact) mass is 625 g/mol. The Morgan fingerprint density at radius 3 is 2.67 bits per heavy atom. The van der Waals surface area contributed by atoms with E-state index in [0.29, 0.717) is 31.3 Å². The number of aryl methyl sites for hydroxylation is 1. The highest BCUT2D eigenvalue weighted by Crippen LogP contribution is 2.43. The number of hydrogen-bond donors (Lipinski definition) is 2. The van der Waals surface area contributed by atoms with Gasteiger partial charge in [0, 0.05) is 61.4 Å². The lowest BCUT2D eigenvalue weighted by Crippen LogP contribution is -2.52. The highest BCUT2D eigenvalue weighted by Gasteiger charge is 2.50. The summed E-state index contributed by atoms with van der Waals surface area (Å²) in [6.45, 7) is 7.87. The fourth-order valence-electron chi connectivity index (χ4n) is 9.08. The van der Waals surface area contributed by atoms with Crippen LogP contribution >= 0.6 is 0 Å². The van der Waals surface area contributed by atoms with Gasteiger partial charge in [0.05, 0.1) is 17.8 Å². The van der Waals surface area contributed by atoms with Crippen LogP contribution in [-0.2, 0) is 24.1 Å². The third kappa shape index (κ3) is 5.33. The number of carbonyl (C=O) groups is 1. The molecule has 2 unspecified atom stereocenters. The molecule has 10 nitrogen and oxygen atoms in total. The Bertz CT molecular complexity index is 1600. The second kappa shape index (κ2) is 12.2. The SMILES string of the molecule is CCc1cccc2cccc(N3CCc4c(nc(OC[C@]56CCCN5[C@@H](COC(=O)NC)CC6)nc4N4CC5CCC(C4)N5)C3)c12. The Labute approximate surface area is 271 Å². The average molecular weight is 626 g/mol. The first kappa shape index (κ1) is 29.8. The summed E-state index contributed by atoms with van der Waals surface area (Å²) in [5.74, 6) is 1.08. The second-order valence-electron chi connectivity index (χ2n) is 14.0. The molecule has 0 radical (unpaired) electrons. The maximum Gasteiger partial charge on any atom is 0.406 e. The maximum absolute atomic E-state index is 11.8. The van der Waals surface area contributed by atoms with Gasteiger partial charge in [-0.2, -0.15) is 9.97 Å². The summed E-state index contributed by atoms with van der Waals surface area (Å²) in [5, 5.41) is 9.01. The van der Waals surface area contributed by atoms with Crippen LogP contribution in [0.25, 0.3) is 10.8 Å². The molecule has 244 valence electrons. The molecule has 0 aliphatic carbocycles. The zero-order valence-corrected chi connectivity index (χ0v) is 27.3. The van der Waals surface area contributed by atoms with Crippen LogP contribution < -0.4 is 25.2 Å². The fraction of sp³-hybridized carbons (Fsp3) is 0.583. The number of hydrogen-bond acceptors (Lipinski definition) is 9. The Kier molecular flexibility index (Phi) is 7.88. The smallest absolute Gasteiger partial charge is 0.406 e. The van der Waals surface area contributed by atoms with Crippen LogP contribution in [0.2, 0.25) is 0 Å². The van der Waals surface area contributed by atoms with E-state index in [1.165, 1.54) is 40.4 Å². The fourth-order valence-corrected chi connectivity index (χ4v) is 9.08. The van der Waals surface area contributed by atoms with Crippen molar-refractivity contribution in [2.24, 2.45) is 0 Å². The summed E-state index contributed by atoms with van der Waals surface area (Å²) >= 11 is 0. The highest BCUT2D eigenvalue weighted by atomic mass is 16.5. The number of alkyl carbamates (subject to hydrolysis) is 1. The van der Waals surface area contributed by atoms with E-state index in [9.17, 15) is 4.79 Å². The lowest BCUT2D eigenvalue weighted by molar-refractivity contribution is 0.0554.